The van der Waals surface area contributed by atoms with E-state index in [9.17, 15) is 4.79 Å². The third kappa shape index (κ3) is 8.35. The van der Waals surface area contributed by atoms with Crippen molar-refractivity contribution in [2.24, 2.45) is 17.4 Å². The maximum absolute atomic E-state index is 11.9. The molecule has 0 aliphatic heterocycles. The summed E-state index contributed by atoms with van der Waals surface area (Å²) in [4.78, 5) is 11.9. The van der Waals surface area contributed by atoms with Gasteiger partial charge in [-0.2, -0.15) is 0 Å². The Morgan fingerprint density at radius 1 is 1.00 bits per heavy atom. The first kappa shape index (κ1) is 16.6. The molecular weight excluding hydrogens is 238 g/mol. The van der Waals surface area contributed by atoms with Crippen molar-refractivity contribution in [3.8, 4) is 0 Å². The average molecular weight is 269 g/mol. The van der Waals surface area contributed by atoms with E-state index in [1.165, 1.54) is 38.5 Å². The van der Waals surface area contributed by atoms with Crippen molar-refractivity contribution < 1.29 is 4.79 Å². The lowest BCUT2D eigenvalue weighted by Gasteiger charge is -2.08. The van der Waals surface area contributed by atoms with Crippen LogP contribution in [0.1, 0.15) is 70.6 Å². The second-order valence-electron chi connectivity index (χ2n) is 5.80. The number of ketones is 1. The molecule has 0 amide bonds. The van der Waals surface area contributed by atoms with Gasteiger partial charge in [-0.25, -0.2) is 0 Å². The Balaban J connectivity index is 1.82. The normalized spacial score (nSPS) is 16.4. The molecule has 0 bridgehead atoms. The lowest BCUT2D eigenvalue weighted by molar-refractivity contribution is -0.122. The Kier molecular flexibility index (Phi) is 9.05. The van der Waals surface area contributed by atoms with Crippen molar-refractivity contribution in [2.45, 2.75) is 76.9 Å². The monoisotopic (exact) mass is 269 g/mol. The standard InChI is InChI=1S/C15H31N3O/c16-15(17)18-12-8-4-2-1-3-5-11-14(19)13-9-6-7-10-13/h13,15,18H,1-12,16-17H2. The van der Waals surface area contributed by atoms with E-state index in [1.807, 2.05) is 0 Å². The van der Waals surface area contributed by atoms with Crippen molar-refractivity contribution in [1.29, 1.82) is 0 Å². The molecule has 1 aliphatic carbocycles. The van der Waals surface area contributed by atoms with E-state index >= 15 is 0 Å². The number of hydrogen-bond acceptors (Lipinski definition) is 4. The number of Topliss-reactive ketones (excluding diaryl/α,β-unsaturated/α-hetero) is 1. The molecule has 19 heavy (non-hydrogen) atoms. The smallest absolute Gasteiger partial charge is 0.135 e. The summed E-state index contributed by atoms with van der Waals surface area (Å²) in [6, 6.07) is 0. The quantitative estimate of drug-likeness (QED) is 0.397. The number of hydrogen-bond donors (Lipinski definition) is 3. The molecule has 4 nitrogen and oxygen atoms in total. The highest BCUT2D eigenvalue weighted by molar-refractivity contribution is 5.81. The average Bonchev–Trinajstić information content (AvgIpc) is 2.90. The molecule has 0 saturated heterocycles. The highest BCUT2D eigenvalue weighted by atomic mass is 16.1. The van der Waals surface area contributed by atoms with Gasteiger partial charge in [0.2, 0.25) is 0 Å². The first-order valence-electron chi connectivity index (χ1n) is 7.97. The zero-order chi connectivity index (χ0) is 13.9. The van der Waals surface area contributed by atoms with Crippen LogP contribution in [0.2, 0.25) is 0 Å². The minimum atomic E-state index is -0.387. The lowest BCUT2D eigenvalue weighted by atomic mass is 9.97. The van der Waals surface area contributed by atoms with Gasteiger partial charge in [0.25, 0.3) is 0 Å². The molecule has 0 radical (unpaired) electrons. The van der Waals surface area contributed by atoms with E-state index < -0.39 is 0 Å². The summed E-state index contributed by atoms with van der Waals surface area (Å²) in [5.74, 6) is 0.935. The van der Waals surface area contributed by atoms with Gasteiger partial charge in [-0.1, -0.05) is 38.5 Å². The van der Waals surface area contributed by atoms with Gasteiger partial charge < -0.3 is 11.5 Å². The van der Waals surface area contributed by atoms with E-state index in [4.69, 9.17) is 11.5 Å². The van der Waals surface area contributed by atoms with Crippen LogP contribution in [-0.2, 0) is 4.79 Å². The first-order chi connectivity index (χ1) is 9.20. The predicted molar refractivity (Wildman–Crippen MR) is 79.4 cm³/mol. The van der Waals surface area contributed by atoms with Crippen molar-refractivity contribution in [2.75, 3.05) is 6.54 Å². The number of carbonyl (C=O) groups is 1. The van der Waals surface area contributed by atoms with Gasteiger partial charge in [-0.15, -0.1) is 0 Å². The third-order valence-electron chi connectivity index (χ3n) is 4.04. The molecule has 0 spiro atoms. The molecule has 0 aromatic carbocycles. The van der Waals surface area contributed by atoms with Gasteiger partial charge in [0.15, 0.2) is 0 Å². The topological polar surface area (TPSA) is 81.1 Å². The second-order valence-corrected chi connectivity index (χ2v) is 5.80. The number of unbranched alkanes of at least 4 members (excludes halogenated alkanes) is 5. The van der Waals surface area contributed by atoms with Crippen molar-refractivity contribution in [1.82, 2.24) is 5.32 Å². The zero-order valence-electron chi connectivity index (χ0n) is 12.2. The molecule has 1 rings (SSSR count). The summed E-state index contributed by atoms with van der Waals surface area (Å²) in [6.07, 6.45) is 12.4. The maximum atomic E-state index is 11.9. The number of carbonyl (C=O) groups excluding carboxylic acids is 1. The molecule has 0 heterocycles. The molecule has 5 N–H and O–H groups in total. The van der Waals surface area contributed by atoms with Crippen LogP contribution in [0.25, 0.3) is 0 Å². The summed E-state index contributed by atoms with van der Waals surface area (Å²) in [5, 5.41) is 3.00. The van der Waals surface area contributed by atoms with E-state index in [1.54, 1.807) is 0 Å². The maximum Gasteiger partial charge on any atom is 0.135 e. The minimum absolute atomic E-state index is 0.387. The van der Waals surface area contributed by atoms with Crippen LogP contribution in [-0.4, -0.2) is 18.6 Å². The van der Waals surface area contributed by atoms with Crippen molar-refractivity contribution in [3.05, 3.63) is 0 Å². The van der Waals surface area contributed by atoms with Crippen LogP contribution in [0.15, 0.2) is 0 Å². The molecule has 112 valence electrons. The number of rotatable bonds is 11. The summed E-state index contributed by atoms with van der Waals surface area (Å²) in [5.41, 5.74) is 10.8. The fraction of sp³-hybridized carbons (Fsp3) is 0.933. The lowest BCUT2D eigenvalue weighted by Crippen LogP contribution is -2.45. The zero-order valence-corrected chi connectivity index (χ0v) is 12.2. The highest BCUT2D eigenvalue weighted by Gasteiger charge is 2.21. The highest BCUT2D eigenvalue weighted by Crippen LogP contribution is 2.27. The van der Waals surface area contributed by atoms with Crippen LogP contribution < -0.4 is 16.8 Å². The predicted octanol–water partition coefficient (Wildman–Crippen LogP) is 2.27. The Hall–Kier alpha value is -0.450. The van der Waals surface area contributed by atoms with Crippen molar-refractivity contribution >= 4 is 5.78 Å². The molecule has 1 aliphatic rings. The van der Waals surface area contributed by atoms with Gasteiger partial charge in [0, 0.05) is 12.3 Å². The van der Waals surface area contributed by atoms with Gasteiger partial charge in [0.1, 0.15) is 12.1 Å². The Labute approximate surface area is 117 Å². The van der Waals surface area contributed by atoms with E-state index in [0.717, 1.165) is 38.6 Å². The minimum Gasteiger partial charge on any atom is -0.304 e. The SMILES string of the molecule is NC(N)NCCCCCCCCC(=O)C1CCCC1. The fourth-order valence-corrected chi connectivity index (χ4v) is 2.85. The largest absolute Gasteiger partial charge is 0.304 e. The Morgan fingerprint density at radius 2 is 1.58 bits per heavy atom. The number of nitrogens with two attached hydrogens (primary N) is 2. The molecule has 0 atom stereocenters. The van der Waals surface area contributed by atoms with Gasteiger partial charge >= 0.3 is 0 Å². The van der Waals surface area contributed by atoms with Crippen LogP contribution >= 0.6 is 0 Å². The molecule has 1 saturated carbocycles. The molecular formula is C15H31N3O. The third-order valence-corrected chi connectivity index (χ3v) is 4.04. The Bertz CT molecular complexity index is 238. The molecule has 0 unspecified atom stereocenters. The van der Waals surface area contributed by atoms with Crippen LogP contribution in [0, 0.1) is 5.92 Å². The Morgan fingerprint density at radius 3 is 2.21 bits per heavy atom. The summed E-state index contributed by atoms with van der Waals surface area (Å²) in [7, 11) is 0. The molecule has 4 heteroatoms. The second kappa shape index (κ2) is 10.4. The summed E-state index contributed by atoms with van der Waals surface area (Å²) < 4.78 is 0. The van der Waals surface area contributed by atoms with E-state index in [-0.39, 0.29) is 6.29 Å². The molecule has 1 fully saturated rings. The van der Waals surface area contributed by atoms with Crippen LogP contribution in [0.5, 0.6) is 0 Å². The molecule has 0 aromatic heterocycles. The van der Waals surface area contributed by atoms with Crippen LogP contribution in [0.3, 0.4) is 0 Å². The van der Waals surface area contributed by atoms with Gasteiger partial charge in [-0.3, -0.25) is 10.1 Å². The van der Waals surface area contributed by atoms with E-state index in [2.05, 4.69) is 5.32 Å². The molecule has 0 aromatic rings. The van der Waals surface area contributed by atoms with Crippen LogP contribution in [0.4, 0.5) is 0 Å². The summed E-state index contributed by atoms with van der Waals surface area (Å²) in [6.45, 7) is 0.901. The van der Waals surface area contributed by atoms with E-state index in [0.29, 0.717) is 11.7 Å². The number of nitrogens with one attached hydrogen (secondary N) is 1. The van der Waals surface area contributed by atoms with Gasteiger partial charge in [0.05, 0.1) is 0 Å². The van der Waals surface area contributed by atoms with Gasteiger partial charge in [-0.05, 0) is 32.2 Å². The fourth-order valence-electron chi connectivity index (χ4n) is 2.85. The van der Waals surface area contributed by atoms with Crippen molar-refractivity contribution in [3.63, 3.8) is 0 Å². The first-order valence-corrected chi connectivity index (χ1v) is 7.97. The summed E-state index contributed by atoms with van der Waals surface area (Å²) >= 11 is 0.